The smallest absolute Gasteiger partial charge is 0.279 e. The Morgan fingerprint density at radius 2 is 1.68 bits per heavy atom. The Morgan fingerprint density at radius 3 is 2.29 bits per heavy atom. The number of aryl methyl sites for hydroxylation is 1. The Labute approximate surface area is 182 Å². The van der Waals surface area contributed by atoms with Crippen molar-refractivity contribution in [3.8, 4) is 5.69 Å². The zero-order valence-corrected chi connectivity index (χ0v) is 18.6. The van der Waals surface area contributed by atoms with Crippen LogP contribution in [-0.2, 0) is 9.59 Å². The van der Waals surface area contributed by atoms with Crippen LogP contribution in [-0.4, -0.2) is 51.0 Å². The zero-order chi connectivity index (χ0) is 22.3. The van der Waals surface area contributed by atoms with E-state index in [4.69, 9.17) is 0 Å². The molecule has 0 aliphatic carbocycles. The van der Waals surface area contributed by atoms with Gasteiger partial charge in [-0.3, -0.25) is 24.4 Å². The van der Waals surface area contributed by atoms with Crippen molar-refractivity contribution in [1.29, 1.82) is 0 Å². The maximum absolute atomic E-state index is 13.5. The van der Waals surface area contributed by atoms with Gasteiger partial charge in [-0.2, -0.15) is 0 Å². The number of hydrogen-bond donors (Lipinski definition) is 1. The zero-order valence-electron chi connectivity index (χ0n) is 18.6. The van der Waals surface area contributed by atoms with Crippen molar-refractivity contribution in [2.45, 2.75) is 40.5 Å². The third kappa shape index (κ3) is 3.73. The number of carbonyl (C=O) groups excluding carboxylic acids is 2. The van der Waals surface area contributed by atoms with E-state index in [1.54, 1.807) is 6.92 Å². The van der Waals surface area contributed by atoms with Crippen molar-refractivity contribution in [3.05, 3.63) is 57.6 Å². The number of amides is 2. The molecule has 7 nitrogen and oxygen atoms in total. The molecule has 2 aliphatic rings. The van der Waals surface area contributed by atoms with Gasteiger partial charge in [-0.15, -0.1) is 0 Å². The molecule has 4 rings (SSSR count). The summed E-state index contributed by atoms with van der Waals surface area (Å²) in [5.74, 6) is 0.0769. The first-order valence-electron chi connectivity index (χ1n) is 11.0. The van der Waals surface area contributed by atoms with E-state index in [1.807, 2.05) is 49.1 Å². The molecule has 31 heavy (non-hydrogen) atoms. The van der Waals surface area contributed by atoms with Crippen LogP contribution < -0.4 is 5.56 Å². The summed E-state index contributed by atoms with van der Waals surface area (Å²) in [6.45, 7) is 9.70. The van der Waals surface area contributed by atoms with Gasteiger partial charge < -0.3 is 4.90 Å². The molecule has 3 heterocycles. The fraction of sp³-hybridized carbons (Fsp3) is 0.458. The van der Waals surface area contributed by atoms with Gasteiger partial charge in [0.2, 0.25) is 0 Å². The monoisotopic (exact) mass is 422 g/mol. The first kappa shape index (κ1) is 21.2. The van der Waals surface area contributed by atoms with Gasteiger partial charge in [-0.05, 0) is 43.7 Å². The van der Waals surface area contributed by atoms with E-state index in [-0.39, 0.29) is 28.9 Å². The second-order valence-corrected chi connectivity index (χ2v) is 9.10. The molecule has 0 bridgehead atoms. The Bertz CT molecular complexity index is 1090. The van der Waals surface area contributed by atoms with Crippen LogP contribution >= 0.6 is 0 Å². The van der Waals surface area contributed by atoms with Crippen LogP contribution in [0.3, 0.4) is 0 Å². The molecule has 2 aromatic rings. The molecule has 1 aromatic carbocycles. The van der Waals surface area contributed by atoms with Gasteiger partial charge in [0.1, 0.15) is 5.70 Å². The summed E-state index contributed by atoms with van der Waals surface area (Å²) in [6, 6.07) is 9.24. The first-order chi connectivity index (χ1) is 14.8. The summed E-state index contributed by atoms with van der Waals surface area (Å²) in [4.78, 5) is 43.6. The first-order valence-corrected chi connectivity index (χ1v) is 11.0. The van der Waals surface area contributed by atoms with Crippen molar-refractivity contribution in [2.75, 3.05) is 19.6 Å². The molecule has 1 fully saturated rings. The van der Waals surface area contributed by atoms with Gasteiger partial charge in [0.15, 0.2) is 0 Å². The molecule has 7 heteroatoms. The second-order valence-electron chi connectivity index (χ2n) is 9.10. The topological polar surface area (TPSA) is 78.4 Å². The number of benzene rings is 1. The average molecular weight is 423 g/mol. The predicted octanol–water partition coefficient (Wildman–Crippen LogP) is 2.94. The number of rotatable bonds is 5. The van der Waals surface area contributed by atoms with E-state index in [9.17, 15) is 14.4 Å². The highest BCUT2D eigenvalue weighted by Gasteiger charge is 2.44. The van der Waals surface area contributed by atoms with Crippen LogP contribution in [0.1, 0.15) is 44.9 Å². The number of aromatic nitrogens is 2. The average Bonchev–Trinajstić information content (AvgIpc) is 3.16. The molecule has 164 valence electrons. The SMILES string of the molecule is Cc1[nH]n(-c2ccccc2)c(=O)c1C1=C(N2CCC(C)CC2)C(=O)N(CC(C)C)C1=O. The summed E-state index contributed by atoms with van der Waals surface area (Å²) in [7, 11) is 0. The van der Waals surface area contributed by atoms with Crippen LogP contribution in [0.2, 0.25) is 0 Å². The number of imide groups is 1. The fourth-order valence-electron chi connectivity index (χ4n) is 4.45. The third-order valence-corrected chi connectivity index (χ3v) is 6.13. The summed E-state index contributed by atoms with van der Waals surface area (Å²) in [6.07, 6.45) is 1.92. The van der Waals surface area contributed by atoms with Gasteiger partial charge in [0.25, 0.3) is 17.4 Å². The Kier molecular flexibility index (Phi) is 5.60. The summed E-state index contributed by atoms with van der Waals surface area (Å²) >= 11 is 0. The molecule has 0 unspecified atom stereocenters. The number of aromatic amines is 1. The number of piperidine rings is 1. The van der Waals surface area contributed by atoms with Crippen LogP contribution in [0.5, 0.6) is 0 Å². The Balaban J connectivity index is 1.86. The minimum atomic E-state index is -0.369. The summed E-state index contributed by atoms with van der Waals surface area (Å²) < 4.78 is 1.44. The predicted molar refractivity (Wildman–Crippen MR) is 120 cm³/mol. The molecule has 2 amide bonds. The third-order valence-electron chi connectivity index (χ3n) is 6.13. The van der Waals surface area contributed by atoms with Crippen molar-refractivity contribution in [3.63, 3.8) is 0 Å². The van der Waals surface area contributed by atoms with Gasteiger partial charge in [-0.1, -0.05) is 39.0 Å². The largest absolute Gasteiger partial charge is 0.366 e. The van der Waals surface area contributed by atoms with Crippen LogP contribution in [0.4, 0.5) is 0 Å². The lowest BCUT2D eigenvalue weighted by molar-refractivity contribution is -0.138. The molecule has 1 N–H and O–H groups in total. The quantitative estimate of drug-likeness (QED) is 0.752. The highest BCUT2D eigenvalue weighted by Crippen LogP contribution is 2.34. The molecule has 1 saturated heterocycles. The lowest BCUT2D eigenvalue weighted by Gasteiger charge is -2.32. The molecule has 0 saturated carbocycles. The number of H-pyrrole nitrogens is 1. The maximum Gasteiger partial charge on any atom is 0.279 e. The minimum Gasteiger partial charge on any atom is -0.366 e. The molecule has 0 atom stereocenters. The number of hydrogen-bond acceptors (Lipinski definition) is 4. The number of carbonyl (C=O) groups is 2. The van der Waals surface area contributed by atoms with E-state index in [1.165, 1.54) is 9.58 Å². The number of nitrogens with zero attached hydrogens (tertiary/aromatic N) is 3. The van der Waals surface area contributed by atoms with Gasteiger partial charge in [-0.25, -0.2) is 4.68 Å². The van der Waals surface area contributed by atoms with Crippen LogP contribution in [0, 0.1) is 18.8 Å². The van der Waals surface area contributed by atoms with E-state index in [0.717, 1.165) is 12.8 Å². The van der Waals surface area contributed by atoms with Crippen LogP contribution in [0.15, 0.2) is 40.8 Å². The van der Waals surface area contributed by atoms with Crippen molar-refractivity contribution in [1.82, 2.24) is 19.6 Å². The Morgan fingerprint density at radius 1 is 1.03 bits per heavy atom. The molecule has 0 radical (unpaired) electrons. The van der Waals surface area contributed by atoms with E-state index in [0.29, 0.717) is 48.2 Å². The lowest BCUT2D eigenvalue weighted by Crippen LogP contribution is -2.39. The minimum absolute atomic E-state index is 0.142. The number of nitrogens with one attached hydrogen (secondary N) is 1. The van der Waals surface area contributed by atoms with Crippen molar-refractivity contribution < 1.29 is 9.59 Å². The molecular weight excluding hydrogens is 392 g/mol. The molecule has 1 aromatic heterocycles. The molecular formula is C24H30N4O3. The summed E-state index contributed by atoms with van der Waals surface area (Å²) in [5.41, 5.74) is 1.88. The molecule has 2 aliphatic heterocycles. The van der Waals surface area contributed by atoms with Gasteiger partial charge >= 0.3 is 0 Å². The highest BCUT2D eigenvalue weighted by atomic mass is 16.2. The second kappa shape index (κ2) is 8.21. The van der Waals surface area contributed by atoms with Gasteiger partial charge in [0.05, 0.1) is 16.8 Å². The summed E-state index contributed by atoms with van der Waals surface area (Å²) in [5, 5.41) is 3.10. The van der Waals surface area contributed by atoms with E-state index < -0.39 is 0 Å². The van der Waals surface area contributed by atoms with E-state index in [2.05, 4.69) is 12.0 Å². The maximum atomic E-state index is 13.5. The van der Waals surface area contributed by atoms with Crippen molar-refractivity contribution >= 4 is 17.4 Å². The van der Waals surface area contributed by atoms with Crippen molar-refractivity contribution in [2.24, 2.45) is 11.8 Å². The van der Waals surface area contributed by atoms with E-state index >= 15 is 0 Å². The Hall–Kier alpha value is -3.09. The fourth-order valence-corrected chi connectivity index (χ4v) is 4.45. The number of likely N-dealkylation sites (tertiary alicyclic amines) is 1. The van der Waals surface area contributed by atoms with Gasteiger partial charge in [0, 0.05) is 25.3 Å². The standard InChI is InChI=1S/C24H30N4O3/c1-15(2)14-27-22(29)20(21(24(27)31)26-12-10-16(3)11-13-26)19-17(4)25-28(23(19)30)18-8-6-5-7-9-18/h5-9,15-16,25H,10-14H2,1-4H3. The normalized spacial score (nSPS) is 18.1. The number of para-hydroxylation sites is 1. The molecule has 0 spiro atoms. The van der Waals surface area contributed by atoms with Crippen LogP contribution in [0.25, 0.3) is 11.3 Å². The highest BCUT2D eigenvalue weighted by molar-refractivity contribution is 6.35. The lowest BCUT2D eigenvalue weighted by atomic mass is 9.97.